The molecular weight excluding hydrogens is 262 g/mol. The minimum atomic E-state index is -0.131. The number of pyridine rings is 1. The highest BCUT2D eigenvalue weighted by Crippen LogP contribution is 2.17. The standard InChI is InChI=1S/C17H21N3O/c1-5-18-14-6-7-15(12(3)10-14)17(21)20-16-9-11(2)8-13(4)19-16/h6-10,18H,5H2,1-4H3,(H,19,20,21). The molecule has 0 fully saturated rings. The lowest BCUT2D eigenvalue weighted by Crippen LogP contribution is -2.15. The van der Waals surface area contributed by atoms with Crippen molar-refractivity contribution in [2.24, 2.45) is 0 Å². The van der Waals surface area contributed by atoms with Crippen LogP contribution >= 0.6 is 0 Å². The number of benzene rings is 1. The second-order valence-electron chi connectivity index (χ2n) is 5.19. The molecule has 4 heteroatoms. The third-order valence-electron chi connectivity index (χ3n) is 3.19. The second-order valence-corrected chi connectivity index (χ2v) is 5.19. The van der Waals surface area contributed by atoms with Gasteiger partial charge in [0, 0.05) is 23.5 Å². The summed E-state index contributed by atoms with van der Waals surface area (Å²) in [4.78, 5) is 16.7. The number of anilines is 2. The van der Waals surface area contributed by atoms with E-state index in [-0.39, 0.29) is 5.91 Å². The number of amides is 1. The zero-order valence-electron chi connectivity index (χ0n) is 12.9. The minimum Gasteiger partial charge on any atom is -0.385 e. The van der Waals surface area contributed by atoms with Gasteiger partial charge in [0.1, 0.15) is 5.82 Å². The maximum Gasteiger partial charge on any atom is 0.257 e. The zero-order chi connectivity index (χ0) is 15.4. The first kappa shape index (κ1) is 15.0. The van der Waals surface area contributed by atoms with Gasteiger partial charge in [-0.15, -0.1) is 0 Å². The van der Waals surface area contributed by atoms with Crippen molar-refractivity contribution in [1.29, 1.82) is 0 Å². The van der Waals surface area contributed by atoms with Crippen LogP contribution in [0.4, 0.5) is 11.5 Å². The summed E-state index contributed by atoms with van der Waals surface area (Å²) in [6.45, 7) is 8.74. The van der Waals surface area contributed by atoms with E-state index in [0.717, 1.165) is 29.1 Å². The van der Waals surface area contributed by atoms with Crippen molar-refractivity contribution in [3.05, 3.63) is 52.7 Å². The molecule has 2 N–H and O–H groups in total. The Morgan fingerprint density at radius 3 is 2.52 bits per heavy atom. The Morgan fingerprint density at radius 2 is 1.90 bits per heavy atom. The number of hydrogen-bond donors (Lipinski definition) is 2. The van der Waals surface area contributed by atoms with E-state index >= 15 is 0 Å². The molecule has 2 rings (SSSR count). The molecule has 1 amide bonds. The molecule has 0 atom stereocenters. The minimum absolute atomic E-state index is 0.131. The quantitative estimate of drug-likeness (QED) is 0.899. The number of rotatable bonds is 4. The van der Waals surface area contributed by atoms with E-state index in [4.69, 9.17) is 0 Å². The number of aryl methyl sites for hydroxylation is 3. The fraction of sp³-hybridized carbons (Fsp3) is 0.294. The second kappa shape index (κ2) is 6.39. The molecule has 0 spiro atoms. The predicted molar refractivity (Wildman–Crippen MR) is 87.0 cm³/mol. The molecule has 0 saturated carbocycles. The summed E-state index contributed by atoms with van der Waals surface area (Å²) in [5.74, 6) is 0.459. The highest BCUT2D eigenvalue weighted by molar-refractivity contribution is 6.05. The number of carbonyl (C=O) groups excluding carboxylic acids is 1. The molecule has 0 radical (unpaired) electrons. The summed E-state index contributed by atoms with van der Waals surface area (Å²) in [5.41, 5.74) is 4.60. The Bertz CT molecular complexity index is 645. The molecule has 0 aliphatic carbocycles. The van der Waals surface area contributed by atoms with Gasteiger partial charge >= 0.3 is 0 Å². The fourth-order valence-electron chi connectivity index (χ4n) is 2.32. The predicted octanol–water partition coefficient (Wildman–Crippen LogP) is 3.69. The summed E-state index contributed by atoms with van der Waals surface area (Å²) < 4.78 is 0. The zero-order valence-corrected chi connectivity index (χ0v) is 12.9. The SMILES string of the molecule is CCNc1ccc(C(=O)Nc2cc(C)cc(C)n2)c(C)c1. The van der Waals surface area contributed by atoms with Crippen molar-refractivity contribution in [1.82, 2.24) is 4.98 Å². The van der Waals surface area contributed by atoms with Gasteiger partial charge in [0.25, 0.3) is 5.91 Å². The average molecular weight is 283 g/mol. The van der Waals surface area contributed by atoms with Gasteiger partial charge in [-0.1, -0.05) is 0 Å². The van der Waals surface area contributed by atoms with Crippen LogP contribution in [0.1, 0.15) is 34.1 Å². The highest BCUT2D eigenvalue weighted by Gasteiger charge is 2.10. The monoisotopic (exact) mass is 283 g/mol. The number of aromatic nitrogens is 1. The Hall–Kier alpha value is -2.36. The molecule has 1 heterocycles. The lowest BCUT2D eigenvalue weighted by molar-refractivity contribution is 0.102. The van der Waals surface area contributed by atoms with E-state index in [0.29, 0.717) is 11.4 Å². The van der Waals surface area contributed by atoms with Gasteiger partial charge in [-0.05, 0) is 69.2 Å². The summed E-state index contributed by atoms with van der Waals surface area (Å²) in [7, 11) is 0. The van der Waals surface area contributed by atoms with Crippen LogP contribution in [0.25, 0.3) is 0 Å². The Kier molecular flexibility index (Phi) is 4.58. The van der Waals surface area contributed by atoms with Crippen LogP contribution in [0.3, 0.4) is 0 Å². The van der Waals surface area contributed by atoms with Gasteiger partial charge < -0.3 is 10.6 Å². The number of nitrogens with zero attached hydrogens (tertiary/aromatic N) is 1. The van der Waals surface area contributed by atoms with Gasteiger partial charge in [0.15, 0.2) is 0 Å². The van der Waals surface area contributed by atoms with Gasteiger partial charge in [0.2, 0.25) is 0 Å². The average Bonchev–Trinajstić information content (AvgIpc) is 2.37. The molecule has 0 unspecified atom stereocenters. The van der Waals surface area contributed by atoms with Crippen LogP contribution in [0, 0.1) is 20.8 Å². The van der Waals surface area contributed by atoms with Crippen LogP contribution in [-0.2, 0) is 0 Å². The third kappa shape index (κ3) is 3.81. The van der Waals surface area contributed by atoms with Crippen LogP contribution < -0.4 is 10.6 Å². The first-order valence-electron chi connectivity index (χ1n) is 7.10. The first-order valence-corrected chi connectivity index (χ1v) is 7.10. The lowest BCUT2D eigenvalue weighted by atomic mass is 10.1. The molecular formula is C17H21N3O. The third-order valence-corrected chi connectivity index (χ3v) is 3.19. The van der Waals surface area contributed by atoms with Crippen LogP contribution in [0.5, 0.6) is 0 Å². The summed E-state index contributed by atoms with van der Waals surface area (Å²) in [6.07, 6.45) is 0. The molecule has 0 saturated heterocycles. The van der Waals surface area contributed by atoms with Crippen LogP contribution in [-0.4, -0.2) is 17.4 Å². The maximum atomic E-state index is 12.4. The number of nitrogens with one attached hydrogen (secondary N) is 2. The van der Waals surface area contributed by atoms with Crippen molar-refractivity contribution in [3.63, 3.8) is 0 Å². The summed E-state index contributed by atoms with van der Waals surface area (Å²) in [6, 6.07) is 9.58. The normalized spacial score (nSPS) is 10.3. The van der Waals surface area contributed by atoms with Gasteiger partial charge in [-0.3, -0.25) is 4.79 Å². The molecule has 4 nitrogen and oxygen atoms in total. The van der Waals surface area contributed by atoms with Crippen molar-refractivity contribution in [2.45, 2.75) is 27.7 Å². The van der Waals surface area contributed by atoms with E-state index in [2.05, 4.69) is 15.6 Å². The molecule has 2 aromatic rings. The van der Waals surface area contributed by atoms with E-state index < -0.39 is 0 Å². The molecule has 0 bridgehead atoms. The van der Waals surface area contributed by atoms with Crippen LogP contribution in [0.15, 0.2) is 30.3 Å². The molecule has 0 aliphatic heterocycles. The summed E-state index contributed by atoms with van der Waals surface area (Å²) >= 11 is 0. The van der Waals surface area contributed by atoms with E-state index in [1.54, 1.807) is 0 Å². The molecule has 110 valence electrons. The highest BCUT2D eigenvalue weighted by atomic mass is 16.1. The maximum absolute atomic E-state index is 12.4. The smallest absolute Gasteiger partial charge is 0.257 e. The van der Waals surface area contributed by atoms with Crippen molar-refractivity contribution in [3.8, 4) is 0 Å². The lowest BCUT2D eigenvalue weighted by Gasteiger charge is -2.10. The Labute approximate surface area is 125 Å². The molecule has 21 heavy (non-hydrogen) atoms. The largest absolute Gasteiger partial charge is 0.385 e. The van der Waals surface area contributed by atoms with E-state index in [1.165, 1.54) is 0 Å². The fourth-order valence-corrected chi connectivity index (χ4v) is 2.32. The van der Waals surface area contributed by atoms with E-state index in [9.17, 15) is 4.79 Å². The number of carbonyl (C=O) groups is 1. The van der Waals surface area contributed by atoms with Crippen molar-refractivity contribution >= 4 is 17.4 Å². The van der Waals surface area contributed by atoms with E-state index in [1.807, 2.05) is 58.0 Å². The molecule has 0 aliphatic rings. The van der Waals surface area contributed by atoms with Gasteiger partial charge in [-0.25, -0.2) is 4.98 Å². The van der Waals surface area contributed by atoms with Gasteiger partial charge in [-0.2, -0.15) is 0 Å². The first-order chi connectivity index (χ1) is 9.99. The number of hydrogen-bond acceptors (Lipinski definition) is 3. The van der Waals surface area contributed by atoms with Crippen molar-refractivity contribution < 1.29 is 4.79 Å². The topological polar surface area (TPSA) is 54.0 Å². The molecule has 1 aromatic carbocycles. The Morgan fingerprint density at radius 1 is 1.14 bits per heavy atom. The molecule has 1 aromatic heterocycles. The van der Waals surface area contributed by atoms with Crippen molar-refractivity contribution in [2.75, 3.05) is 17.2 Å². The van der Waals surface area contributed by atoms with Crippen LogP contribution in [0.2, 0.25) is 0 Å². The Balaban J connectivity index is 2.20. The summed E-state index contributed by atoms with van der Waals surface area (Å²) in [5, 5.41) is 6.10. The van der Waals surface area contributed by atoms with Gasteiger partial charge in [0.05, 0.1) is 0 Å².